The van der Waals surface area contributed by atoms with Gasteiger partial charge in [0.1, 0.15) is 5.82 Å². The summed E-state index contributed by atoms with van der Waals surface area (Å²) in [4.78, 5) is 0. The first kappa shape index (κ1) is 15.8. The molecule has 2 aliphatic heterocycles. The lowest BCUT2D eigenvalue weighted by molar-refractivity contribution is -0.0852. The van der Waals surface area contributed by atoms with E-state index in [1.807, 2.05) is 30.9 Å². The van der Waals surface area contributed by atoms with Gasteiger partial charge in [-0.15, -0.1) is 0 Å². The highest BCUT2D eigenvalue weighted by Crippen LogP contribution is 2.44. The first-order chi connectivity index (χ1) is 10.1. The van der Waals surface area contributed by atoms with Gasteiger partial charge in [0.05, 0.1) is 5.60 Å². The maximum absolute atomic E-state index is 14.3. The Morgan fingerprint density at radius 3 is 3.05 bits per heavy atom. The normalized spacial score (nSPS) is 30.7. The smallest absolute Gasteiger partial charge is 0.129 e. The van der Waals surface area contributed by atoms with Crippen LogP contribution in [0.15, 0.2) is 22.7 Å². The van der Waals surface area contributed by atoms with Crippen LogP contribution in [0.5, 0.6) is 0 Å². The van der Waals surface area contributed by atoms with Crippen LogP contribution in [-0.4, -0.2) is 30.8 Å². The van der Waals surface area contributed by atoms with Crippen LogP contribution in [0, 0.1) is 11.7 Å². The highest BCUT2D eigenvalue weighted by atomic mass is 79.9. The molecule has 3 rings (SSSR count). The fourth-order valence-corrected chi connectivity index (χ4v) is 5.32. The molecule has 0 aromatic heterocycles. The van der Waals surface area contributed by atoms with Crippen molar-refractivity contribution in [3.05, 3.63) is 34.1 Å². The highest BCUT2D eigenvalue weighted by Gasteiger charge is 2.42. The van der Waals surface area contributed by atoms with Gasteiger partial charge in [-0.1, -0.05) is 22.0 Å². The van der Waals surface area contributed by atoms with E-state index in [0.29, 0.717) is 5.92 Å². The fourth-order valence-electron chi connectivity index (χ4n) is 3.61. The van der Waals surface area contributed by atoms with Gasteiger partial charge in [-0.05, 0) is 50.1 Å². The fraction of sp³-hybridized carbons (Fsp3) is 0.625. The Bertz CT molecular complexity index is 507. The summed E-state index contributed by atoms with van der Waals surface area (Å²) in [5, 5.41) is 3.34. The van der Waals surface area contributed by atoms with Crippen molar-refractivity contribution in [2.75, 3.05) is 25.2 Å². The van der Waals surface area contributed by atoms with Crippen molar-refractivity contribution >= 4 is 27.7 Å². The third kappa shape index (κ3) is 3.31. The zero-order chi connectivity index (χ0) is 14.9. The molecule has 2 heterocycles. The second-order valence-electron chi connectivity index (χ2n) is 6.02. The van der Waals surface area contributed by atoms with Gasteiger partial charge in [-0.3, -0.25) is 0 Å². The molecule has 1 N–H and O–H groups in total. The molecule has 0 saturated carbocycles. The van der Waals surface area contributed by atoms with Crippen LogP contribution in [0.2, 0.25) is 0 Å². The lowest BCUT2D eigenvalue weighted by atomic mass is 9.79. The van der Waals surface area contributed by atoms with Crippen molar-refractivity contribution in [2.45, 2.75) is 30.9 Å². The van der Waals surface area contributed by atoms with Crippen molar-refractivity contribution in [2.24, 2.45) is 5.92 Å². The van der Waals surface area contributed by atoms with Crippen LogP contribution in [-0.2, 0) is 4.74 Å². The Morgan fingerprint density at radius 1 is 1.52 bits per heavy atom. The van der Waals surface area contributed by atoms with Crippen molar-refractivity contribution in [1.29, 1.82) is 0 Å². The maximum Gasteiger partial charge on any atom is 0.129 e. The molecule has 21 heavy (non-hydrogen) atoms. The Morgan fingerprint density at radius 2 is 2.38 bits per heavy atom. The average Bonchev–Trinajstić information content (AvgIpc) is 2.90. The van der Waals surface area contributed by atoms with E-state index < -0.39 is 0 Å². The highest BCUT2D eigenvalue weighted by molar-refractivity contribution is 9.10. The Hall–Kier alpha value is -0.100. The summed E-state index contributed by atoms with van der Waals surface area (Å²) in [7, 11) is 1.93. The van der Waals surface area contributed by atoms with Crippen LogP contribution in [0.4, 0.5) is 4.39 Å². The molecule has 2 fully saturated rings. The number of thioether (sulfide) groups is 1. The quantitative estimate of drug-likeness (QED) is 0.859. The van der Waals surface area contributed by atoms with E-state index in [-0.39, 0.29) is 17.5 Å². The predicted octanol–water partition coefficient (Wildman–Crippen LogP) is 4.15. The van der Waals surface area contributed by atoms with E-state index in [4.69, 9.17) is 4.74 Å². The Kier molecular flexibility index (Phi) is 4.94. The van der Waals surface area contributed by atoms with Gasteiger partial charge < -0.3 is 10.1 Å². The number of hydrogen-bond donors (Lipinski definition) is 1. The number of ether oxygens (including phenoxy) is 1. The zero-order valence-electron chi connectivity index (χ0n) is 12.2. The summed E-state index contributed by atoms with van der Waals surface area (Å²) in [6.07, 6.45) is 3.15. The Labute approximate surface area is 138 Å². The van der Waals surface area contributed by atoms with Crippen LogP contribution < -0.4 is 5.32 Å². The first-order valence-electron chi connectivity index (χ1n) is 7.47. The van der Waals surface area contributed by atoms with Gasteiger partial charge in [0.2, 0.25) is 0 Å². The van der Waals surface area contributed by atoms with Gasteiger partial charge >= 0.3 is 0 Å². The molecular formula is C16H21BrFNOS. The van der Waals surface area contributed by atoms with Gasteiger partial charge in [0.25, 0.3) is 0 Å². The minimum Gasteiger partial charge on any atom is -0.374 e. The van der Waals surface area contributed by atoms with E-state index in [9.17, 15) is 4.39 Å². The van der Waals surface area contributed by atoms with Crippen molar-refractivity contribution in [3.8, 4) is 0 Å². The summed E-state index contributed by atoms with van der Waals surface area (Å²) < 4.78 is 21.2. The molecule has 2 nitrogen and oxygen atoms in total. The van der Waals surface area contributed by atoms with Crippen molar-refractivity contribution in [3.63, 3.8) is 0 Å². The summed E-state index contributed by atoms with van der Waals surface area (Å²) in [6.45, 7) is 0.793. The molecule has 0 aliphatic carbocycles. The number of rotatable bonds is 3. The van der Waals surface area contributed by atoms with E-state index in [1.54, 1.807) is 6.07 Å². The molecule has 1 aromatic carbocycles. The molecule has 2 saturated heterocycles. The topological polar surface area (TPSA) is 21.3 Å². The van der Waals surface area contributed by atoms with Crippen LogP contribution in [0.25, 0.3) is 0 Å². The largest absolute Gasteiger partial charge is 0.374 e. The molecule has 2 aliphatic rings. The van der Waals surface area contributed by atoms with E-state index in [1.165, 1.54) is 5.75 Å². The second-order valence-corrected chi connectivity index (χ2v) is 8.04. The molecule has 3 atom stereocenters. The lowest BCUT2D eigenvalue weighted by Crippen LogP contribution is -2.43. The van der Waals surface area contributed by atoms with Gasteiger partial charge in [-0.2, -0.15) is 11.8 Å². The minimum absolute atomic E-state index is 0.0362. The van der Waals surface area contributed by atoms with Crippen LogP contribution >= 0.6 is 27.7 Å². The molecule has 3 unspecified atom stereocenters. The van der Waals surface area contributed by atoms with Gasteiger partial charge in [0.15, 0.2) is 0 Å². The lowest BCUT2D eigenvalue weighted by Gasteiger charge is -2.41. The molecule has 1 aromatic rings. The minimum atomic E-state index is -0.134. The van der Waals surface area contributed by atoms with Gasteiger partial charge in [-0.25, -0.2) is 4.39 Å². The first-order valence-corrected chi connectivity index (χ1v) is 9.42. The average molecular weight is 374 g/mol. The van der Waals surface area contributed by atoms with Gasteiger partial charge in [0, 0.05) is 28.4 Å². The predicted molar refractivity (Wildman–Crippen MR) is 89.2 cm³/mol. The third-order valence-corrected chi connectivity index (χ3v) is 6.39. The summed E-state index contributed by atoms with van der Waals surface area (Å²) in [6, 6.07) is 5.43. The SMILES string of the molecule is CNC(c1ccc(Br)cc1F)C1CCOC2(CCSC2)C1. The summed E-state index contributed by atoms with van der Waals surface area (Å²) in [5.74, 6) is 2.56. The number of benzene rings is 1. The van der Waals surface area contributed by atoms with Crippen molar-refractivity contribution < 1.29 is 9.13 Å². The number of nitrogens with one attached hydrogen (secondary N) is 1. The summed E-state index contributed by atoms with van der Waals surface area (Å²) >= 11 is 5.30. The van der Waals surface area contributed by atoms with E-state index >= 15 is 0 Å². The number of hydrogen-bond acceptors (Lipinski definition) is 3. The van der Waals surface area contributed by atoms with Crippen LogP contribution in [0.1, 0.15) is 30.9 Å². The molecule has 5 heteroatoms. The maximum atomic E-state index is 14.3. The molecule has 116 valence electrons. The molecular weight excluding hydrogens is 353 g/mol. The molecule has 1 spiro atoms. The second kappa shape index (κ2) is 6.57. The summed E-state index contributed by atoms with van der Waals surface area (Å²) in [5.41, 5.74) is 0.808. The zero-order valence-corrected chi connectivity index (χ0v) is 14.6. The monoisotopic (exact) mass is 373 g/mol. The van der Waals surface area contributed by atoms with E-state index in [0.717, 1.165) is 41.7 Å². The van der Waals surface area contributed by atoms with Crippen molar-refractivity contribution in [1.82, 2.24) is 5.32 Å². The standard InChI is InChI=1S/C16H21BrFNOS/c1-19-15(13-3-2-12(17)8-14(13)18)11-4-6-20-16(9-11)5-7-21-10-16/h2-3,8,11,15,19H,4-7,9-10H2,1H3. The molecule has 0 bridgehead atoms. The molecule has 0 radical (unpaired) electrons. The van der Waals surface area contributed by atoms with Crippen LogP contribution in [0.3, 0.4) is 0 Å². The molecule has 0 amide bonds. The third-order valence-electron chi connectivity index (χ3n) is 4.68. The number of halogens is 2. The van der Waals surface area contributed by atoms with E-state index in [2.05, 4.69) is 21.2 Å². The Balaban J connectivity index is 1.82.